The van der Waals surface area contributed by atoms with Gasteiger partial charge in [-0.15, -0.1) is 0 Å². The van der Waals surface area contributed by atoms with Crippen molar-refractivity contribution in [1.29, 1.82) is 5.26 Å². The van der Waals surface area contributed by atoms with Crippen molar-refractivity contribution >= 4 is 35.2 Å². The van der Waals surface area contributed by atoms with Crippen LogP contribution in [0.2, 0.25) is 10.0 Å². The van der Waals surface area contributed by atoms with E-state index in [0.717, 1.165) is 0 Å². The number of rotatable bonds is 3. The van der Waals surface area contributed by atoms with Crippen LogP contribution in [-0.4, -0.2) is 40.6 Å². The van der Waals surface area contributed by atoms with Crippen LogP contribution in [0.3, 0.4) is 0 Å². The molecule has 6 nitrogen and oxygen atoms in total. The summed E-state index contributed by atoms with van der Waals surface area (Å²) in [5.74, 6) is -0.334. The van der Waals surface area contributed by atoms with Gasteiger partial charge in [-0.2, -0.15) is 5.26 Å². The third-order valence-corrected chi connectivity index (χ3v) is 4.43. The second-order valence-corrected chi connectivity index (χ2v) is 6.27. The molecule has 122 valence electrons. The first kappa shape index (κ1) is 17.4. The van der Waals surface area contributed by atoms with E-state index in [1.54, 1.807) is 18.2 Å². The van der Waals surface area contributed by atoms with Crippen LogP contribution in [-0.2, 0) is 11.2 Å². The van der Waals surface area contributed by atoms with Crippen LogP contribution in [0.25, 0.3) is 0 Å². The van der Waals surface area contributed by atoms with E-state index in [9.17, 15) is 14.9 Å². The van der Waals surface area contributed by atoms with E-state index < -0.39 is 11.6 Å². The van der Waals surface area contributed by atoms with Crippen LogP contribution in [0.5, 0.6) is 0 Å². The molecule has 1 aliphatic heterocycles. The number of nitriles is 1. The topological polar surface area (TPSA) is 93.4 Å². The summed E-state index contributed by atoms with van der Waals surface area (Å²) in [5, 5.41) is 21.9. The second-order valence-electron chi connectivity index (χ2n) is 5.42. The zero-order valence-electron chi connectivity index (χ0n) is 12.2. The molecule has 2 amide bonds. The van der Waals surface area contributed by atoms with Crippen molar-refractivity contribution in [2.45, 2.75) is 24.8 Å². The Hall–Kier alpha value is -1.97. The van der Waals surface area contributed by atoms with Gasteiger partial charge in [0.15, 0.2) is 0 Å². The smallest absolute Gasteiger partial charge is 0.407 e. The quantitative estimate of drug-likeness (QED) is 0.871. The van der Waals surface area contributed by atoms with Crippen molar-refractivity contribution in [3.05, 3.63) is 33.8 Å². The van der Waals surface area contributed by atoms with Crippen molar-refractivity contribution in [2.75, 3.05) is 13.1 Å². The number of likely N-dealkylation sites (tertiary alicyclic amines) is 1. The van der Waals surface area contributed by atoms with E-state index >= 15 is 0 Å². The molecule has 0 saturated carbocycles. The average molecular weight is 356 g/mol. The number of carbonyl (C=O) groups is 2. The van der Waals surface area contributed by atoms with Crippen molar-refractivity contribution in [2.24, 2.45) is 0 Å². The summed E-state index contributed by atoms with van der Waals surface area (Å²) in [6.07, 6.45) is -0.468. The normalized spacial score (nSPS) is 16.5. The maximum atomic E-state index is 12.2. The first-order chi connectivity index (χ1) is 10.8. The molecule has 0 radical (unpaired) electrons. The van der Waals surface area contributed by atoms with Crippen molar-refractivity contribution in [1.82, 2.24) is 10.2 Å². The van der Waals surface area contributed by atoms with E-state index in [2.05, 4.69) is 11.4 Å². The third-order valence-electron chi connectivity index (χ3n) is 3.85. The maximum absolute atomic E-state index is 12.2. The fourth-order valence-electron chi connectivity index (χ4n) is 2.49. The van der Waals surface area contributed by atoms with Gasteiger partial charge in [-0.25, -0.2) is 4.79 Å². The number of piperidine rings is 1. The molecule has 0 unspecified atom stereocenters. The third kappa shape index (κ3) is 4.27. The fourth-order valence-corrected chi connectivity index (χ4v) is 2.97. The Kier molecular flexibility index (Phi) is 5.34. The summed E-state index contributed by atoms with van der Waals surface area (Å²) < 4.78 is 0. The molecule has 1 saturated heterocycles. The van der Waals surface area contributed by atoms with E-state index in [1.165, 1.54) is 4.90 Å². The summed E-state index contributed by atoms with van der Waals surface area (Å²) >= 11 is 11.8. The minimum absolute atomic E-state index is 0.0298. The number of hydrogen-bond donors (Lipinski definition) is 2. The summed E-state index contributed by atoms with van der Waals surface area (Å²) in [7, 11) is 0. The van der Waals surface area contributed by atoms with E-state index in [1.807, 2.05) is 0 Å². The molecular weight excluding hydrogens is 341 g/mol. The predicted molar refractivity (Wildman–Crippen MR) is 85.5 cm³/mol. The first-order valence-corrected chi connectivity index (χ1v) is 7.75. The molecule has 1 aliphatic rings. The Morgan fingerprint density at radius 1 is 1.35 bits per heavy atom. The van der Waals surface area contributed by atoms with Gasteiger partial charge in [0.05, 0.1) is 12.5 Å². The summed E-state index contributed by atoms with van der Waals surface area (Å²) in [6.45, 7) is 0.426. The zero-order chi connectivity index (χ0) is 17.0. The van der Waals surface area contributed by atoms with Gasteiger partial charge in [-0.05, 0) is 17.7 Å². The Labute approximate surface area is 143 Å². The SMILES string of the molecule is N#CC1(NC(=O)Cc2ccc(Cl)cc2Cl)CCN(C(=O)O)CC1. The second kappa shape index (κ2) is 7.07. The van der Waals surface area contributed by atoms with Gasteiger partial charge in [0, 0.05) is 36.0 Å². The van der Waals surface area contributed by atoms with Gasteiger partial charge in [0.1, 0.15) is 5.54 Å². The van der Waals surface area contributed by atoms with Crippen LogP contribution in [0.15, 0.2) is 18.2 Å². The maximum Gasteiger partial charge on any atom is 0.407 e. The lowest BCUT2D eigenvalue weighted by Gasteiger charge is -2.36. The van der Waals surface area contributed by atoms with E-state index in [-0.39, 0.29) is 38.3 Å². The number of amides is 2. The molecule has 0 aromatic heterocycles. The summed E-state index contributed by atoms with van der Waals surface area (Å²) in [6, 6.07) is 6.97. The highest BCUT2D eigenvalue weighted by atomic mass is 35.5. The molecule has 0 bridgehead atoms. The van der Waals surface area contributed by atoms with Gasteiger partial charge in [0.25, 0.3) is 0 Å². The number of nitrogens with one attached hydrogen (secondary N) is 1. The molecule has 2 N–H and O–H groups in total. The van der Waals surface area contributed by atoms with Crippen molar-refractivity contribution in [3.8, 4) is 6.07 Å². The predicted octanol–water partition coefficient (Wildman–Crippen LogP) is 2.69. The van der Waals surface area contributed by atoms with Crippen LogP contribution in [0.1, 0.15) is 18.4 Å². The average Bonchev–Trinajstić information content (AvgIpc) is 2.50. The van der Waals surface area contributed by atoms with Crippen molar-refractivity contribution in [3.63, 3.8) is 0 Å². The Morgan fingerprint density at radius 3 is 2.52 bits per heavy atom. The molecule has 23 heavy (non-hydrogen) atoms. The largest absolute Gasteiger partial charge is 0.465 e. The number of hydrogen-bond acceptors (Lipinski definition) is 3. The van der Waals surface area contributed by atoms with Gasteiger partial charge in [-0.1, -0.05) is 29.3 Å². The van der Waals surface area contributed by atoms with E-state index in [4.69, 9.17) is 28.3 Å². The van der Waals surface area contributed by atoms with Crippen LogP contribution in [0.4, 0.5) is 4.79 Å². The lowest BCUT2D eigenvalue weighted by Crippen LogP contribution is -2.55. The van der Waals surface area contributed by atoms with E-state index in [0.29, 0.717) is 15.6 Å². The van der Waals surface area contributed by atoms with Crippen LogP contribution >= 0.6 is 23.2 Å². The lowest BCUT2D eigenvalue weighted by molar-refractivity contribution is -0.122. The fraction of sp³-hybridized carbons (Fsp3) is 0.400. The van der Waals surface area contributed by atoms with Gasteiger partial charge < -0.3 is 15.3 Å². The molecule has 1 aromatic carbocycles. The molecule has 2 rings (SSSR count). The summed E-state index contributed by atoms with van der Waals surface area (Å²) in [5.41, 5.74) is -0.424. The minimum atomic E-state index is -1.04. The number of halogens is 2. The minimum Gasteiger partial charge on any atom is -0.465 e. The molecule has 8 heteroatoms. The molecule has 1 fully saturated rings. The highest BCUT2D eigenvalue weighted by molar-refractivity contribution is 6.35. The van der Waals surface area contributed by atoms with Crippen molar-refractivity contribution < 1.29 is 14.7 Å². The first-order valence-electron chi connectivity index (χ1n) is 6.99. The number of benzene rings is 1. The van der Waals surface area contributed by atoms with Gasteiger partial charge in [0.2, 0.25) is 5.91 Å². The Morgan fingerprint density at radius 2 is 2.00 bits per heavy atom. The molecular formula is C15H15Cl2N3O3. The van der Waals surface area contributed by atoms with Gasteiger partial charge in [-0.3, -0.25) is 4.79 Å². The molecule has 1 heterocycles. The number of nitrogens with zero attached hydrogens (tertiary/aromatic N) is 2. The molecule has 0 aliphatic carbocycles. The highest BCUT2D eigenvalue weighted by Crippen LogP contribution is 2.24. The zero-order valence-corrected chi connectivity index (χ0v) is 13.7. The summed E-state index contributed by atoms with van der Waals surface area (Å²) in [4.78, 5) is 24.4. The number of carboxylic acid groups (broad SMARTS) is 1. The van der Waals surface area contributed by atoms with Crippen LogP contribution < -0.4 is 5.32 Å². The standard InChI is InChI=1S/C15H15Cl2N3O3/c16-11-2-1-10(12(17)8-11)7-13(21)19-15(9-18)3-5-20(6-4-15)14(22)23/h1-2,8H,3-7H2,(H,19,21)(H,22,23). The monoisotopic (exact) mass is 355 g/mol. The molecule has 1 aromatic rings. The number of carbonyl (C=O) groups excluding carboxylic acids is 1. The highest BCUT2D eigenvalue weighted by Gasteiger charge is 2.37. The molecule has 0 spiro atoms. The Bertz CT molecular complexity index is 664. The Balaban J connectivity index is 2.01. The lowest BCUT2D eigenvalue weighted by atomic mass is 9.88. The van der Waals surface area contributed by atoms with Crippen LogP contribution in [0, 0.1) is 11.3 Å². The molecule has 0 atom stereocenters. The van der Waals surface area contributed by atoms with Gasteiger partial charge >= 0.3 is 6.09 Å².